The Labute approximate surface area is 181 Å². The minimum atomic E-state index is -0.700. The molecule has 11 heteroatoms. The van der Waals surface area contributed by atoms with Gasteiger partial charge in [0.25, 0.3) is 17.5 Å². The van der Waals surface area contributed by atoms with Crippen molar-refractivity contribution in [1.29, 1.82) is 0 Å². The highest BCUT2D eigenvalue weighted by molar-refractivity contribution is 7.18. The van der Waals surface area contributed by atoms with Gasteiger partial charge in [-0.15, -0.1) is 11.3 Å². The van der Waals surface area contributed by atoms with Crippen molar-refractivity contribution < 1.29 is 24.0 Å². The number of nitrogens with one attached hydrogen (secondary N) is 2. The second-order valence-corrected chi connectivity index (χ2v) is 7.54. The molecular weight excluding hydrogens is 434 g/mol. The number of carbonyl (C=O) groups is 3. The first-order chi connectivity index (χ1) is 14.2. The SMILES string of the molecule is CCCNC(=O)c1sc(NC(=O)c2ccc(Cl)c([N+](=O)[O-])c2)c(C(=O)OCC)c1C. The lowest BCUT2D eigenvalue weighted by atomic mass is 10.1. The van der Waals surface area contributed by atoms with Crippen LogP contribution in [0.3, 0.4) is 0 Å². The summed E-state index contributed by atoms with van der Waals surface area (Å²) in [6.07, 6.45) is 0.736. The fourth-order valence-electron chi connectivity index (χ4n) is 2.56. The van der Waals surface area contributed by atoms with Crippen molar-refractivity contribution in [2.24, 2.45) is 0 Å². The minimum absolute atomic E-state index is 0.0241. The number of hydrogen-bond donors (Lipinski definition) is 2. The van der Waals surface area contributed by atoms with Gasteiger partial charge < -0.3 is 15.4 Å². The number of amides is 2. The molecule has 0 unspecified atom stereocenters. The zero-order chi connectivity index (χ0) is 22.4. The third-order valence-electron chi connectivity index (χ3n) is 4.00. The van der Waals surface area contributed by atoms with E-state index in [2.05, 4.69) is 10.6 Å². The van der Waals surface area contributed by atoms with Gasteiger partial charge in [0.15, 0.2) is 0 Å². The van der Waals surface area contributed by atoms with Crippen LogP contribution in [-0.4, -0.2) is 35.9 Å². The summed E-state index contributed by atoms with van der Waals surface area (Å²) >= 11 is 6.71. The highest BCUT2D eigenvalue weighted by atomic mass is 35.5. The van der Waals surface area contributed by atoms with Crippen LogP contribution in [0.5, 0.6) is 0 Å². The number of nitro benzene ring substituents is 1. The number of benzene rings is 1. The van der Waals surface area contributed by atoms with Crippen LogP contribution >= 0.6 is 22.9 Å². The molecule has 0 bridgehead atoms. The van der Waals surface area contributed by atoms with E-state index in [4.69, 9.17) is 16.3 Å². The van der Waals surface area contributed by atoms with Gasteiger partial charge in [0, 0.05) is 18.2 Å². The van der Waals surface area contributed by atoms with E-state index in [1.54, 1.807) is 13.8 Å². The third kappa shape index (κ3) is 5.14. The first-order valence-corrected chi connectivity index (χ1v) is 10.2. The lowest BCUT2D eigenvalue weighted by Gasteiger charge is -2.07. The fourth-order valence-corrected chi connectivity index (χ4v) is 3.85. The van der Waals surface area contributed by atoms with Gasteiger partial charge in [-0.25, -0.2) is 4.79 Å². The Bertz CT molecular complexity index is 1000. The molecule has 0 spiro atoms. The number of nitrogens with zero attached hydrogens (tertiary/aromatic N) is 1. The number of nitro groups is 1. The molecule has 0 saturated carbocycles. The largest absolute Gasteiger partial charge is 0.462 e. The van der Waals surface area contributed by atoms with E-state index in [-0.39, 0.29) is 38.5 Å². The lowest BCUT2D eigenvalue weighted by molar-refractivity contribution is -0.384. The van der Waals surface area contributed by atoms with E-state index in [9.17, 15) is 24.5 Å². The molecule has 0 saturated heterocycles. The van der Waals surface area contributed by atoms with Crippen LogP contribution < -0.4 is 10.6 Å². The number of anilines is 1. The Morgan fingerprint density at radius 3 is 2.53 bits per heavy atom. The number of esters is 1. The topological polar surface area (TPSA) is 128 Å². The van der Waals surface area contributed by atoms with E-state index >= 15 is 0 Å². The summed E-state index contributed by atoms with van der Waals surface area (Å²) in [5.41, 5.74) is 0.00521. The maximum absolute atomic E-state index is 12.7. The maximum Gasteiger partial charge on any atom is 0.341 e. The molecule has 2 amide bonds. The number of ether oxygens (including phenoxy) is 1. The molecule has 30 heavy (non-hydrogen) atoms. The van der Waals surface area contributed by atoms with Gasteiger partial charge in [-0.3, -0.25) is 19.7 Å². The summed E-state index contributed by atoms with van der Waals surface area (Å²) in [4.78, 5) is 48.2. The van der Waals surface area contributed by atoms with Crippen LogP contribution in [0.4, 0.5) is 10.7 Å². The first-order valence-electron chi connectivity index (χ1n) is 9.05. The first kappa shape index (κ1) is 23.3. The predicted molar refractivity (Wildman–Crippen MR) is 114 cm³/mol. The van der Waals surface area contributed by atoms with Crippen LogP contribution in [0.1, 0.15) is 56.2 Å². The van der Waals surface area contributed by atoms with Crippen molar-refractivity contribution in [2.45, 2.75) is 27.2 Å². The zero-order valence-electron chi connectivity index (χ0n) is 16.5. The molecule has 2 rings (SSSR count). The number of carbonyl (C=O) groups excluding carboxylic acids is 3. The number of hydrogen-bond acceptors (Lipinski definition) is 7. The average Bonchev–Trinajstić information content (AvgIpc) is 3.02. The Kier molecular flexibility index (Phi) is 7.90. The highest BCUT2D eigenvalue weighted by Gasteiger charge is 2.27. The van der Waals surface area contributed by atoms with Crippen molar-refractivity contribution >= 4 is 51.4 Å². The Morgan fingerprint density at radius 2 is 1.93 bits per heavy atom. The van der Waals surface area contributed by atoms with Gasteiger partial charge in [-0.1, -0.05) is 18.5 Å². The van der Waals surface area contributed by atoms with Gasteiger partial charge in [0.2, 0.25) is 0 Å². The maximum atomic E-state index is 12.7. The molecule has 0 aliphatic rings. The highest BCUT2D eigenvalue weighted by Crippen LogP contribution is 2.34. The van der Waals surface area contributed by atoms with Crippen LogP contribution in [0, 0.1) is 17.0 Å². The molecule has 2 N–H and O–H groups in total. The van der Waals surface area contributed by atoms with Crippen molar-refractivity contribution in [3.8, 4) is 0 Å². The van der Waals surface area contributed by atoms with Crippen molar-refractivity contribution in [2.75, 3.05) is 18.5 Å². The number of rotatable bonds is 8. The minimum Gasteiger partial charge on any atom is -0.462 e. The molecule has 0 aliphatic carbocycles. The standard InChI is InChI=1S/C19H20ClN3O6S/c1-4-8-21-17(25)15-10(3)14(19(26)29-5-2)18(30-15)22-16(24)11-6-7-12(20)13(9-11)23(27)28/h6-7,9H,4-5,8H2,1-3H3,(H,21,25)(H,22,24). The zero-order valence-corrected chi connectivity index (χ0v) is 18.1. The quantitative estimate of drug-likeness (QED) is 0.350. The summed E-state index contributed by atoms with van der Waals surface area (Å²) in [6.45, 7) is 5.71. The Balaban J connectivity index is 2.43. The fraction of sp³-hybridized carbons (Fsp3) is 0.316. The second kappa shape index (κ2) is 10.2. The molecule has 160 valence electrons. The van der Waals surface area contributed by atoms with Gasteiger partial charge in [-0.2, -0.15) is 0 Å². The molecule has 0 atom stereocenters. The average molecular weight is 454 g/mol. The smallest absolute Gasteiger partial charge is 0.341 e. The van der Waals surface area contributed by atoms with E-state index in [0.717, 1.165) is 23.8 Å². The normalized spacial score (nSPS) is 10.4. The van der Waals surface area contributed by atoms with Crippen molar-refractivity contribution in [3.05, 3.63) is 54.9 Å². The molecule has 0 radical (unpaired) electrons. The number of halogens is 1. The summed E-state index contributed by atoms with van der Waals surface area (Å²) in [5.74, 6) is -1.74. The second-order valence-electron chi connectivity index (χ2n) is 6.11. The monoisotopic (exact) mass is 453 g/mol. The van der Waals surface area contributed by atoms with Crippen LogP contribution in [0.2, 0.25) is 5.02 Å². The lowest BCUT2D eigenvalue weighted by Crippen LogP contribution is -2.23. The molecule has 1 aromatic heterocycles. The molecule has 2 aromatic rings. The third-order valence-corrected chi connectivity index (χ3v) is 5.53. The Hall–Kier alpha value is -2.98. The van der Waals surface area contributed by atoms with E-state index in [1.165, 1.54) is 12.1 Å². The summed E-state index contributed by atoms with van der Waals surface area (Å²) in [6, 6.07) is 3.60. The molecule has 1 aromatic carbocycles. The molecule has 0 fully saturated rings. The molecular formula is C19H20ClN3O6S. The molecule has 9 nitrogen and oxygen atoms in total. The summed E-state index contributed by atoms with van der Waals surface area (Å²) < 4.78 is 5.06. The van der Waals surface area contributed by atoms with E-state index < -0.39 is 22.5 Å². The molecule has 1 heterocycles. The van der Waals surface area contributed by atoms with Crippen LogP contribution in [-0.2, 0) is 4.74 Å². The van der Waals surface area contributed by atoms with Gasteiger partial charge in [-0.05, 0) is 38.0 Å². The van der Waals surface area contributed by atoms with E-state index in [1.807, 2.05) is 6.92 Å². The van der Waals surface area contributed by atoms with Crippen molar-refractivity contribution in [1.82, 2.24) is 5.32 Å². The van der Waals surface area contributed by atoms with Crippen LogP contribution in [0.15, 0.2) is 18.2 Å². The number of thiophene rings is 1. The summed E-state index contributed by atoms with van der Waals surface area (Å²) in [5, 5.41) is 16.4. The van der Waals surface area contributed by atoms with Crippen LogP contribution in [0.25, 0.3) is 0 Å². The summed E-state index contributed by atoms with van der Waals surface area (Å²) in [7, 11) is 0. The van der Waals surface area contributed by atoms with Gasteiger partial charge in [0.1, 0.15) is 10.0 Å². The van der Waals surface area contributed by atoms with Gasteiger partial charge >= 0.3 is 5.97 Å². The molecule has 0 aliphatic heterocycles. The van der Waals surface area contributed by atoms with E-state index in [0.29, 0.717) is 12.1 Å². The Morgan fingerprint density at radius 1 is 1.23 bits per heavy atom. The van der Waals surface area contributed by atoms with Crippen molar-refractivity contribution in [3.63, 3.8) is 0 Å². The predicted octanol–water partition coefficient (Wildman–Crippen LogP) is 4.19. The van der Waals surface area contributed by atoms with Gasteiger partial charge in [0.05, 0.1) is 22.0 Å².